The van der Waals surface area contributed by atoms with Gasteiger partial charge in [0, 0.05) is 8.47 Å². The fourth-order valence-corrected chi connectivity index (χ4v) is 2.43. The highest BCUT2D eigenvalue weighted by Gasteiger charge is 1.96. The highest BCUT2D eigenvalue weighted by Crippen LogP contribution is 2.23. The molecule has 11 heavy (non-hydrogen) atoms. The van der Waals surface area contributed by atoms with E-state index in [-0.39, 0.29) is 0 Å². The highest BCUT2D eigenvalue weighted by atomic mass is 127. The van der Waals surface area contributed by atoms with Gasteiger partial charge < -0.3 is 0 Å². The van der Waals surface area contributed by atoms with Crippen molar-refractivity contribution < 1.29 is 0 Å². The smallest absolute Gasteiger partial charge is 0.0266 e. The molecule has 0 radical (unpaired) electrons. The molecule has 1 aromatic carbocycles. The largest absolute Gasteiger partial charge is 0.125 e. The van der Waals surface area contributed by atoms with Crippen molar-refractivity contribution in [3.05, 3.63) is 27.8 Å². The van der Waals surface area contributed by atoms with Crippen LogP contribution in [0.2, 0.25) is 0 Å². The van der Waals surface area contributed by atoms with Gasteiger partial charge in [-0.25, -0.2) is 0 Å². The molecule has 0 amide bonds. The Morgan fingerprint density at radius 2 is 2.09 bits per heavy atom. The van der Waals surface area contributed by atoms with E-state index >= 15 is 0 Å². The monoisotopic (exact) mass is 278 g/mol. The molecule has 0 spiro atoms. The molecule has 0 saturated carbocycles. The maximum atomic E-state index is 2.38. The molecule has 0 aliphatic carbocycles. The summed E-state index contributed by atoms with van der Waals surface area (Å²) in [7, 11) is 0. The molecule has 0 aromatic heterocycles. The fraction of sp³-hybridized carbons (Fsp3) is 0.333. The second-order valence-electron chi connectivity index (χ2n) is 2.28. The van der Waals surface area contributed by atoms with Gasteiger partial charge in [-0.2, -0.15) is 0 Å². The summed E-state index contributed by atoms with van der Waals surface area (Å²) in [6.45, 7) is 2.21. The Morgan fingerprint density at radius 3 is 2.73 bits per heavy atom. The van der Waals surface area contributed by atoms with Crippen LogP contribution in [0.4, 0.5) is 0 Å². The van der Waals surface area contributed by atoms with Crippen LogP contribution in [0.5, 0.6) is 0 Å². The lowest BCUT2D eigenvalue weighted by Gasteiger charge is -2.00. The lowest BCUT2D eigenvalue weighted by atomic mass is 10.4. The van der Waals surface area contributed by atoms with Crippen LogP contribution in [0.25, 0.3) is 0 Å². The zero-order valence-corrected chi connectivity index (χ0v) is 9.48. The van der Waals surface area contributed by atoms with E-state index < -0.39 is 0 Å². The Kier molecular flexibility index (Phi) is 4.30. The summed E-state index contributed by atoms with van der Waals surface area (Å²) in [6.07, 6.45) is 1.25. The summed E-state index contributed by atoms with van der Waals surface area (Å²) in [4.78, 5) is 1.41. The molecule has 0 N–H and O–H groups in total. The first-order valence-corrected chi connectivity index (χ1v) is 5.78. The molecule has 1 aromatic rings. The van der Waals surface area contributed by atoms with E-state index in [0.717, 1.165) is 0 Å². The minimum absolute atomic E-state index is 1.22. The van der Waals surface area contributed by atoms with Crippen LogP contribution in [0.15, 0.2) is 29.2 Å². The van der Waals surface area contributed by atoms with Crippen LogP contribution in [0.1, 0.15) is 13.3 Å². The van der Waals surface area contributed by atoms with E-state index in [4.69, 9.17) is 0 Å². The van der Waals surface area contributed by atoms with Gasteiger partial charge in [-0.15, -0.1) is 11.8 Å². The standard InChI is InChI=1S/C9H11IS/c1-2-7-11-9-6-4-3-5-8(9)10/h3-6H,2,7H2,1H3. The Bertz CT molecular complexity index is 223. The Labute approximate surface area is 85.9 Å². The molecule has 60 valence electrons. The maximum Gasteiger partial charge on any atom is 0.0266 e. The molecule has 0 aliphatic heterocycles. The van der Waals surface area contributed by atoms with Gasteiger partial charge in [-0.3, -0.25) is 0 Å². The molecule has 0 unspecified atom stereocenters. The Hall–Kier alpha value is 0.300. The molecule has 1 rings (SSSR count). The van der Waals surface area contributed by atoms with Gasteiger partial charge in [0.2, 0.25) is 0 Å². The molecule has 0 atom stereocenters. The van der Waals surface area contributed by atoms with Gasteiger partial charge in [-0.1, -0.05) is 19.1 Å². The van der Waals surface area contributed by atoms with E-state index in [1.165, 1.54) is 20.6 Å². The summed E-state index contributed by atoms with van der Waals surface area (Å²) < 4.78 is 1.36. The minimum Gasteiger partial charge on any atom is -0.125 e. The highest BCUT2D eigenvalue weighted by molar-refractivity contribution is 14.1. The first-order chi connectivity index (χ1) is 5.34. The fourth-order valence-electron chi connectivity index (χ4n) is 0.774. The van der Waals surface area contributed by atoms with Gasteiger partial charge >= 0.3 is 0 Å². The average Bonchev–Trinajstić information content (AvgIpc) is 2.03. The third-order valence-electron chi connectivity index (χ3n) is 1.30. The predicted octanol–water partition coefficient (Wildman–Crippen LogP) is 3.79. The molecule has 0 nitrogen and oxygen atoms in total. The average molecular weight is 278 g/mol. The molecular formula is C9H11IS. The van der Waals surface area contributed by atoms with Crippen molar-refractivity contribution in [3.63, 3.8) is 0 Å². The maximum absolute atomic E-state index is 2.38. The molecule has 0 heterocycles. The lowest BCUT2D eigenvalue weighted by Crippen LogP contribution is -1.79. The number of hydrogen-bond acceptors (Lipinski definition) is 1. The predicted molar refractivity (Wildman–Crippen MR) is 60.2 cm³/mol. The topological polar surface area (TPSA) is 0 Å². The van der Waals surface area contributed by atoms with Gasteiger partial charge in [0.1, 0.15) is 0 Å². The number of benzene rings is 1. The third-order valence-corrected chi connectivity index (χ3v) is 3.88. The van der Waals surface area contributed by atoms with Gasteiger partial charge in [-0.05, 0) is 46.9 Å². The van der Waals surface area contributed by atoms with E-state index in [2.05, 4.69) is 53.8 Å². The Balaban J connectivity index is 2.62. The third kappa shape index (κ3) is 3.03. The van der Waals surface area contributed by atoms with Crippen molar-refractivity contribution in [3.8, 4) is 0 Å². The van der Waals surface area contributed by atoms with Crippen molar-refractivity contribution in [2.45, 2.75) is 18.2 Å². The Morgan fingerprint density at radius 1 is 1.36 bits per heavy atom. The van der Waals surface area contributed by atoms with Crippen molar-refractivity contribution in [1.29, 1.82) is 0 Å². The quantitative estimate of drug-likeness (QED) is 0.598. The lowest BCUT2D eigenvalue weighted by molar-refractivity contribution is 1.10. The number of thioether (sulfide) groups is 1. The molecule has 0 aliphatic rings. The molecule has 2 heteroatoms. The molecule has 0 fully saturated rings. The second kappa shape index (κ2) is 5.04. The minimum atomic E-state index is 1.22. The summed E-state index contributed by atoms with van der Waals surface area (Å²) in [5, 5.41) is 0. The molecule has 0 saturated heterocycles. The van der Waals surface area contributed by atoms with Crippen molar-refractivity contribution in [2.75, 3.05) is 5.75 Å². The van der Waals surface area contributed by atoms with Crippen molar-refractivity contribution >= 4 is 34.4 Å². The SMILES string of the molecule is CCCSc1ccccc1I. The molecule has 0 bridgehead atoms. The van der Waals surface area contributed by atoms with Crippen LogP contribution in [-0.2, 0) is 0 Å². The van der Waals surface area contributed by atoms with E-state index in [9.17, 15) is 0 Å². The van der Waals surface area contributed by atoms with Gasteiger partial charge in [0.25, 0.3) is 0 Å². The summed E-state index contributed by atoms with van der Waals surface area (Å²) >= 11 is 4.32. The van der Waals surface area contributed by atoms with Crippen molar-refractivity contribution in [2.24, 2.45) is 0 Å². The first kappa shape index (κ1) is 9.39. The number of halogens is 1. The van der Waals surface area contributed by atoms with E-state index in [1.807, 2.05) is 11.8 Å². The van der Waals surface area contributed by atoms with Crippen LogP contribution in [0.3, 0.4) is 0 Å². The summed E-state index contributed by atoms with van der Waals surface area (Å²) in [5.41, 5.74) is 0. The zero-order chi connectivity index (χ0) is 8.10. The van der Waals surface area contributed by atoms with Crippen LogP contribution < -0.4 is 0 Å². The van der Waals surface area contributed by atoms with Gasteiger partial charge in [0.05, 0.1) is 0 Å². The van der Waals surface area contributed by atoms with Crippen LogP contribution in [0, 0.1) is 3.57 Å². The van der Waals surface area contributed by atoms with Crippen molar-refractivity contribution in [1.82, 2.24) is 0 Å². The number of hydrogen-bond donors (Lipinski definition) is 0. The normalized spacial score (nSPS) is 10.0. The van der Waals surface area contributed by atoms with Gasteiger partial charge in [0.15, 0.2) is 0 Å². The first-order valence-electron chi connectivity index (χ1n) is 3.72. The second-order valence-corrected chi connectivity index (χ2v) is 4.58. The summed E-state index contributed by atoms with van der Waals surface area (Å²) in [6, 6.07) is 8.51. The van der Waals surface area contributed by atoms with E-state index in [0.29, 0.717) is 0 Å². The van der Waals surface area contributed by atoms with E-state index in [1.54, 1.807) is 0 Å². The molecular weight excluding hydrogens is 267 g/mol. The summed E-state index contributed by atoms with van der Waals surface area (Å²) in [5.74, 6) is 1.22. The van der Waals surface area contributed by atoms with Crippen LogP contribution in [-0.4, -0.2) is 5.75 Å². The zero-order valence-electron chi connectivity index (χ0n) is 6.51. The van der Waals surface area contributed by atoms with Crippen LogP contribution >= 0.6 is 34.4 Å². The number of rotatable bonds is 3.